The molecule has 0 aliphatic rings. The molecule has 2 amide bonds. The van der Waals surface area contributed by atoms with E-state index in [1.807, 2.05) is 33.8 Å². The van der Waals surface area contributed by atoms with E-state index < -0.39 is 17.5 Å². The van der Waals surface area contributed by atoms with Crippen LogP contribution in [0.2, 0.25) is 0 Å². The highest BCUT2D eigenvalue weighted by atomic mass is 32.2. The van der Waals surface area contributed by atoms with Gasteiger partial charge >= 0.3 is 6.09 Å². The van der Waals surface area contributed by atoms with Gasteiger partial charge in [-0.1, -0.05) is 43.7 Å². The van der Waals surface area contributed by atoms with Crippen molar-refractivity contribution in [3.05, 3.63) is 76.4 Å². The van der Waals surface area contributed by atoms with Crippen molar-refractivity contribution in [3.63, 3.8) is 0 Å². The van der Waals surface area contributed by atoms with Crippen LogP contribution in [0.5, 0.6) is 0 Å². The number of nitrogens with zero attached hydrogens (tertiary/aromatic N) is 2. The van der Waals surface area contributed by atoms with Gasteiger partial charge in [0.05, 0.1) is 0 Å². The van der Waals surface area contributed by atoms with Crippen molar-refractivity contribution in [2.45, 2.75) is 77.7 Å². The molecule has 0 fully saturated rings. The van der Waals surface area contributed by atoms with Crippen LogP contribution in [0.4, 0.5) is 4.79 Å². The summed E-state index contributed by atoms with van der Waals surface area (Å²) in [5, 5.41) is 2.87. The van der Waals surface area contributed by atoms with Crippen molar-refractivity contribution in [1.29, 1.82) is 0 Å². The summed E-state index contributed by atoms with van der Waals surface area (Å²) in [6.45, 7) is 14.2. The molecule has 38 heavy (non-hydrogen) atoms. The number of alkyl carbamates (subject to hydrolysis) is 1. The summed E-state index contributed by atoms with van der Waals surface area (Å²) in [6, 6.07) is 12.0. The molecule has 8 heteroatoms. The molecule has 1 aromatic carbocycles. The van der Waals surface area contributed by atoms with Crippen molar-refractivity contribution in [3.8, 4) is 11.1 Å². The van der Waals surface area contributed by atoms with Gasteiger partial charge in [0, 0.05) is 39.3 Å². The highest BCUT2D eigenvalue weighted by molar-refractivity contribution is 7.98. The molecule has 0 atom stereocenters. The van der Waals surface area contributed by atoms with Gasteiger partial charge < -0.3 is 15.8 Å². The number of carbonyl (C=O) groups excluding carboxylic acids is 2. The molecule has 3 rings (SSSR count). The van der Waals surface area contributed by atoms with Gasteiger partial charge in [0.15, 0.2) is 0 Å². The Balaban J connectivity index is 2.13. The van der Waals surface area contributed by atoms with Crippen LogP contribution in [0, 0.1) is 19.8 Å². The average molecular weight is 535 g/mol. The summed E-state index contributed by atoms with van der Waals surface area (Å²) < 4.78 is 5.75. The minimum absolute atomic E-state index is 0.0948. The number of pyridine rings is 2. The van der Waals surface area contributed by atoms with E-state index in [1.165, 1.54) is 11.8 Å². The summed E-state index contributed by atoms with van der Waals surface area (Å²) in [4.78, 5) is 34.5. The van der Waals surface area contributed by atoms with Crippen molar-refractivity contribution in [2.75, 3.05) is 0 Å². The number of benzene rings is 1. The molecule has 3 aromatic rings. The van der Waals surface area contributed by atoms with Gasteiger partial charge in [-0.25, -0.2) is 9.78 Å². The number of rotatable bonds is 9. The molecule has 0 aliphatic heterocycles. The number of ether oxygens (including phenoxy) is 1. The number of hydrogen-bond acceptors (Lipinski definition) is 6. The van der Waals surface area contributed by atoms with Crippen LogP contribution in [0.15, 0.2) is 47.5 Å². The fourth-order valence-corrected chi connectivity index (χ4v) is 5.24. The molecular formula is C30H38N4O3S. The number of aryl methyl sites for hydroxylation is 2. The summed E-state index contributed by atoms with van der Waals surface area (Å²) in [5.41, 5.74) is 12.3. The number of hydrogen-bond donors (Lipinski definition) is 2. The fourth-order valence-electron chi connectivity index (χ4n) is 4.12. The van der Waals surface area contributed by atoms with E-state index >= 15 is 0 Å². The molecule has 0 unspecified atom stereocenters. The van der Waals surface area contributed by atoms with Gasteiger partial charge in [-0.2, -0.15) is 0 Å². The number of amides is 2. The number of nitrogens with two attached hydrogens (primary N) is 1. The minimum Gasteiger partial charge on any atom is -0.445 e. The van der Waals surface area contributed by atoms with Gasteiger partial charge in [-0.3, -0.25) is 9.78 Å². The van der Waals surface area contributed by atoms with Crippen molar-refractivity contribution >= 4 is 23.8 Å². The molecule has 0 saturated carbocycles. The Labute approximate surface area is 230 Å². The van der Waals surface area contributed by atoms with Crippen LogP contribution in [0.1, 0.15) is 73.2 Å². The van der Waals surface area contributed by atoms with Gasteiger partial charge in [0.25, 0.3) is 5.91 Å². The number of primary amides is 1. The Morgan fingerprint density at radius 3 is 2.37 bits per heavy atom. The molecule has 0 saturated heterocycles. The molecule has 202 valence electrons. The first-order valence-corrected chi connectivity index (χ1v) is 13.7. The summed E-state index contributed by atoms with van der Waals surface area (Å²) in [5.74, 6) is 0.341. The number of aromatic nitrogens is 2. The third kappa shape index (κ3) is 7.81. The lowest BCUT2D eigenvalue weighted by molar-refractivity contribution is 0.0992. The molecular weight excluding hydrogens is 496 g/mol. The van der Waals surface area contributed by atoms with E-state index in [-0.39, 0.29) is 12.3 Å². The molecule has 0 bridgehead atoms. The van der Waals surface area contributed by atoms with E-state index in [2.05, 4.69) is 55.3 Å². The predicted molar refractivity (Wildman–Crippen MR) is 153 cm³/mol. The van der Waals surface area contributed by atoms with Gasteiger partial charge in [-0.15, -0.1) is 11.8 Å². The first kappa shape index (κ1) is 29.2. The SMILES string of the molecule is Cc1ccc(-c2c(CSc3cccnc3C(N)=O)c(C)nc(CC(C)C)c2COC(=O)NC(C)(C)C)cc1. The molecule has 0 aliphatic carbocycles. The first-order valence-electron chi connectivity index (χ1n) is 12.8. The van der Waals surface area contributed by atoms with Gasteiger partial charge in [0.2, 0.25) is 0 Å². The summed E-state index contributed by atoms with van der Waals surface area (Å²) in [6.07, 6.45) is 1.84. The Morgan fingerprint density at radius 1 is 1.08 bits per heavy atom. The Bertz CT molecular complexity index is 1300. The zero-order valence-corrected chi connectivity index (χ0v) is 24.2. The van der Waals surface area contributed by atoms with Gasteiger partial charge in [0.1, 0.15) is 12.3 Å². The van der Waals surface area contributed by atoms with E-state index in [0.29, 0.717) is 16.6 Å². The quantitative estimate of drug-likeness (QED) is 0.309. The lowest BCUT2D eigenvalue weighted by atomic mass is 9.90. The van der Waals surface area contributed by atoms with Gasteiger partial charge in [-0.05, 0) is 75.8 Å². The second kappa shape index (κ2) is 12.4. The monoisotopic (exact) mass is 534 g/mol. The minimum atomic E-state index is -0.562. The Hall–Kier alpha value is -3.39. The van der Waals surface area contributed by atoms with E-state index in [4.69, 9.17) is 15.5 Å². The second-order valence-corrected chi connectivity index (χ2v) is 11.9. The van der Waals surface area contributed by atoms with Crippen molar-refractivity contribution < 1.29 is 14.3 Å². The third-order valence-corrected chi connectivity index (χ3v) is 6.91. The number of nitrogens with one attached hydrogen (secondary N) is 1. The largest absolute Gasteiger partial charge is 0.445 e. The highest BCUT2D eigenvalue weighted by Crippen LogP contribution is 2.37. The highest BCUT2D eigenvalue weighted by Gasteiger charge is 2.23. The van der Waals surface area contributed by atoms with Crippen LogP contribution >= 0.6 is 11.8 Å². The Morgan fingerprint density at radius 2 is 1.76 bits per heavy atom. The smallest absolute Gasteiger partial charge is 0.407 e. The molecule has 7 nitrogen and oxygen atoms in total. The molecule has 2 heterocycles. The maximum absolute atomic E-state index is 12.6. The molecule has 0 spiro atoms. The topological polar surface area (TPSA) is 107 Å². The summed E-state index contributed by atoms with van der Waals surface area (Å²) in [7, 11) is 0. The third-order valence-electron chi connectivity index (χ3n) is 5.83. The first-order chi connectivity index (χ1) is 17.9. The van der Waals surface area contributed by atoms with Crippen molar-refractivity contribution in [1.82, 2.24) is 15.3 Å². The zero-order valence-electron chi connectivity index (χ0n) is 23.3. The van der Waals surface area contributed by atoms with Crippen molar-refractivity contribution in [2.24, 2.45) is 11.7 Å². The maximum atomic E-state index is 12.6. The van der Waals surface area contributed by atoms with Crippen LogP contribution in [0.3, 0.4) is 0 Å². The standard InChI is InChI=1S/C30H38N4O3S/c1-18(2)15-24-22(16-37-29(36)34-30(5,6)7)26(21-12-10-19(3)11-13-21)23(20(4)33-24)17-38-25-9-8-14-32-27(25)28(31)35/h8-14,18H,15-17H2,1-7H3,(H2,31,35)(H,34,36). The van der Waals surface area contributed by atoms with Crippen LogP contribution in [-0.4, -0.2) is 27.5 Å². The Kier molecular flexibility index (Phi) is 9.55. The number of carbonyl (C=O) groups is 2. The fraction of sp³-hybridized carbons (Fsp3) is 0.400. The van der Waals surface area contributed by atoms with Crippen LogP contribution < -0.4 is 11.1 Å². The van der Waals surface area contributed by atoms with E-state index in [0.717, 1.165) is 45.6 Å². The van der Waals surface area contributed by atoms with Crippen LogP contribution in [0.25, 0.3) is 11.1 Å². The summed E-state index contributed by atoms with van der Waals surface area (Å²) >= 11 is 1.49. The zero-order chi connectivity index (χ0) is 28.0. The molecule has 3 N–H and O–H groups in total. The molecule has 2 aromatic heterocycles. The molecule has 0 radical (unpaired) electrons. The number of thioether (sulfide) groups is 1. The van der Waals surface area contributed by atoms with Crippen LogP contribution in [-0.2, 0) is 23.5 Å². The predicted octanol–water partition coefficient (Wildman–Crippen LogP) is 6.37. The normalized spacial score (nSPS) is 11.5. The lowest BCUT2D eigenvalue weighted by Crippen LogP contribution is -2.40. The van der Waals surface area contributed by atoms with E-state index in [9.17, 15) is 9.59 Å². The average Bonchev–Trinajstić information content (AvgIpc) is 2.81. The maximum Gasteiger partial charge on any atom is 0.407 e. The van der Waals surface area contributed by atoms with E-state index in [1.54, 1.807) is 12.3 Å². The lowest BCUT2D eigenvalue weighted by Gasteiger charge is -2.23. The second-order valence-electron chi connectivity index (χ2n) is 10.9.